The molecule has 4 heterocycles. The van der Waals surface area contributed by atoms with Gasteiger partial charge in [-0.1, -0.05) is 0 Å². The van der Waals surface area contributed by atoms with E-state index >= 15 is 0 Å². The van der Waals surface area contributed by atoms with Crippen molar-refractivity contribution in [3.05, 3.63) is 28.0 Å². The minimum atomic E-state index is -0.130. The van der Waals surface area contributed by atoms with Crippen molar-refractivity contribution in [2.24, 2.45) is 0 Å². The van der Waals surface area contributed by atoms with Crippen molar-refractivity contribution < 1.29 is 4.74 Å². The Morgan fingerprint density at radius 3 is 2.54 bits per heavy atom. The number of nitrogens with zero attached hydrogens (tertiary/aromatic N) is 5. The molecule has 1 aliphatic heterocycles. The quantitative estimate of drug-likeness (QED) is 0.674. The number of piperidine rings is 1. The predicted molar refractivity (Wildman–Crippen MR) is 102 cm³/mol. The van der Waals surface area contributed by atoms with Crippen LogP contribution in [-0.2, 0) is 6.54 Å². The molecular formula is C19H23N5O2. The lowest BCUT2D eigenvalue weighted by Crippen LogP contribution is -2.31. The molecule has 1 fully saturated rings. The maximum absolute atomic E-state index is 13.1. The van der Waals surface area contributed by atoms with Crippen LogP contribution in [0.4, 0.5) is 5.95 Å². The largest absolute Gasteiger partial charge is 0.480 e. The van der Waals surface area contributed by atoms with Gasteiger partial charge in [0.05, 0.1) is 12.5 Å². The molecule has 1 aliphatic rings. The van der Waals surface area contributed by atoms with Crippen molar-refractivity contribution in [1.82, 2.24) is 19.5 Å². The van der Waals surface area contributed by atoms with Crippen molar-refractivity contribution in [3.8, 4) is 5.88 Å². The van der Waals surface area contributed by atoms with Crippen LogP contribution in [0.2, 0.25) is 0 Å². The van der Waals surface area contributed by atoms with Gasteiger partial charge in [-0.3, -0.25) is 4.79 Å². The molecule has 0 bridgehead atoms. The highest BCUT2D eigenvalue weighted by Gasteiger charge is 2.22. The van der Waals surface area contributed by atoms with Gasteiger partial charge in [0, 0.05) is 25.3 Å². The van der Waals surface area contributed by atoms with Crippen molar-refractivity contribution in [2.75, 3.05) is 25.1 Å². The summed E-state index contributed by atoms with van der Waals surface area (Å²) in [5.41, 5.74) is 2.00. The number of rotatable bonds is 3. The van der Waals surface area contributed by atoms with Gasteiger partial charge in [-0.05, 0) is 45.2 Å². The minimum Gasteiger partial charge on any atom is -0.480 e. The van der Waals surface area contributed by atoms with Gasteiger partial charge in [-0.2, -0.15) is 9.97 Å². The number of anilines is 1. The topological polar surface area (TPSA) is 73.1 Å². The third-order valence-electron chi connectivity index (χ3n) is 4.99. The molecule has 0 aromatic carbocycles. The van der Waals surface area contributed by atoms with E-state index in [1.54, 1.807) is 7.11 Å². The predicted octanol–water partition coefficient (Wildman–Crippen LogP) is 2.67. The molecule has 1 saturated heterocycles. The molecule has 3 aromatic rings. The zero-order valence-electron chi connectivity index (χ0n) is 15.4. The first kappa shape index (κ1) is 16.8. The van der Waals surface area contributed by atoms with Crippen LogP contribution in [0.5, 0.6) is 5.88 Å². The fourth-order valence-electron chi connectivity index (χ4n) is 3.66. The fourth-order valence-corrected chi connectivity index (χ4v) is 3.66. The second-order valence-electron chi connectivity index (χ2n) is 6.68. The Kier molecular flexibility index (Phi) is 4.22. The number of pyridine rings is 2. The average Bonchev–Trinajstić information content (AvgIpc) is 2.68. The molecule has 0 N–H and O–H groups in total. The van der Waals surface area contributed by atoms with Crippen molar-refractivity contribution >= 4 is 28.0 Å². The molecule has 7 heteroatoms. The molecule has 0 atom stereocenters. The molecule has 0 spiro atoms. The van der Waals surface area contributed by atoms with Crippen LogP contribution in [0.1, 0.15) is 31.9 Å². The van der Waals surface area contributed by atoms with Crippen molar-refractivity contribution in [2.45, 2.75) is 39.7 Å². The number of aryl methyl sites for hydroxylation is 2. The molecule has 4 rings (SSSR count). The first-order valence-electron chi connectivity index (χ1n) is 9.15. The van der Waals surface area contributed by atoms with E-state index in [1.807, 2.05) is 30.5 Å². The molecule has 0 unspecified atom stereocenters. The van der Waals surface area contributed by atoms with E-state index in [0.29, 0.717) is 40.4 Å². The lowest BCUT2D eigenvalue weighted by Gasteiger charge is -2.27. The van der Waals surface area contributed by atoms with Gasteiger partial charge < -0.3 is 14.2 Å². The van der Waals surface area contributed by atoms with Gasteiger partial charge in [-0.25, -0.2) is 4.98 Å². The first-order valence-corrected chi connectivity index (χ1v) is 9.15. The Labute approximate surface area is 151 Å². The Balaban J connectivity index is 2.09. The van der Waals surface area contributed by atoms with E-state index in [1.165, 1.54) is 6.42 Å². The van der Waals surface area contributed by atoms with Crippen LogP contribution < -0.4 is 15.1 Å². The van der Waals surface area contributed by atoms with Gasteiger partial charge >= 0.3 is 0 Å². The number of aromatic nitrogens is 4. The van der Waals surface area contributed by atoms with Crippen LogP contribution in [0.3, 0.4) is 0 Å². The van der Waals surface area contributed by atoms with Gasteiger partial charge in [0.25, 0.3) is 0 Å². The summed E-state index contributed by atoms with van der Waals surface area (Å²) >= 11 is 0. The van der Waals surface area contributed by atoms with E-state index in [2.05, 4.69) is 14.9 Å². The number of fused-ring (bicyclic) bond motifs is 2. The van der Waals surface area contributed by atoms with Crippen molar-refractivity contribution in [3.63, 3.8) is 0 Å². The molecule has 136 valence electrons. The first-order chi connectivity index (χ1) is 12.6. The molecule has 3 aromatic heterocycles. The van der Waals surface area contributed by atoms with E-state index in [9.17, 15) is 4.79 Å². The summed E-state index contributed by atoms with van der Waals surface area (Å²) in [6.45, 7) is 6.46. The summed E-state index contributed by atoms with van der Waals surface area (Å²) in [5.74, 6) is 0.966. The molecular weight excluding hydrogens is 330 g/mol. The van der Waals surface area contributed by atoms with Gasteiger partial charge in [0.1, 0.15) is 11.0 Å². The summed E-state index contributed by atoms with van der Waals surface area (Å²) in [6.07, 6.45) is 3.49. The van der Waals surface area contributed by atoms with Crippen LogP contribution in [-0.4, -0.2) is 39.7 Å². The Bertz CT molecular complexity index is 1040. The molecule has 0 amide bonds. The van der Waals surface area contributed by atoms with Crippen molar-refractivity contribution in [1.29, 1.82) is 0 Å². The summed E-state index contributed by atoms with van der Waals surface area (Å²) in [4.78, 5) is 29.2. The summed E-state index contributed by atoms with van der Waals surface area (Å²) in [5, 5.41) is 0.992. The van der Waals surface area contributed by atoms with Crippen LogP contribution >= 0.6 is 0 Å². The highest BCUT2D eigenvalue weighted by molar-refractivity contribution is 5.93. The number of hydrogen-bond acceptors (Lipinski definition) is 6. The van der Waals surface area contributed by atoms with Crippen LogP contribution in [0, 0.1) is 6.92 Å². The molecule has 7 nitrogen and oxygen atoms in total. The van der Waals surface area contributed by atoms with E-state index < -0.39 is 0 Å². The number of ether oxygens (including phenoxy) is 1. The molecule has 0 radical (unpaired) electrons. The SMILES string of the molecule is CCn1c2nc(C)ccc2c(=O)c2c(OC)nc(N3CCCCC3)nc21. The monoisotopic (exact) mass is 353 g/mol. The van der Waals surface area contributed by atoms with E-state index in [4.69, 9.17) is 9.72 Å². The van der Waals surface area contributed by atoms with E-state index in [-0.39, 0.29) is 5.43 Å². The minimum absolute atomic E-state index is 0.130. The van der Waals surface area contributed by atoms with Gasteiger partial charge in [0.15, 0.2) is 5.65 Å². The number of hydrogen-bond donors (Lipinski definition) is 0. The lowest BCUT2D eigenvalue weighted by atomic mass is 10.1. The Morgan fingerprint density at radius 1 is 1.08 bits per heavy atom. The normalized spacial score (nSPS) is 15.0. The average molecular weight is 353 g/mol. The summed E-state index contributed by atoms with van der Waals surface area (Å²) in [6, 6.07) is 3.68. The second-order valence-corrected chi connectivity index (χ2v) is 6.68. The summed E-state index contributed by atoms with van der Waals surface area (Å²) in [7, 11) is 1.55. The molecule has 0 aliphatic carbocycles. The molecule has 0 saturated carbocycles. The lowest BCUT2D eigenvalue weighted by molar-refractivity contribution is 0.401. The third kappa shape index (κ3) is 2.58. The smallest absolute Gasteiger partial charge is 0.231 e. The number of methoxy groups -OCH3 is 1. The zero-order chi connectivity index (χ0) is 18.3. The van der Waals surface area contributed by atoms with Gasteiger partial charge in [-0.15, -0.1) is 0 Å². The maximum Gasteiger partial charge on any atom is 0.231 e. The second kappa shape index (κ2) is 6.55. The third-order valence-corrected chi connectivity index (χ3v) is 4.99. The highest BCUT2D eigenvalue weighted by Crippen LogP contribution is 2.27. The Hall–Kier alpha value is -2.70. The van der Waals surface area contributed by atoms with Gasteiger partial charge in [0.2, 0.25) is 17.3 Å². The molecule has 26 heavy (non-hydrogen) atoms. The zero-order valence-corrected chi connectivity index (χ0v) is 15.4. The fraction of sp³-hybridized carbons (Fsp3) is 0.474. The van der Waals surface area contributed by atoms with Crippen LogP contribution in [0.15, 0.2) is 16.9 Å². The van der Waals surface area contributed by atoms with Crippen LogP contribution in [0.25, 0.3) is 22.1 Å². The highest BCUT2D eigenvalue weighted by atomic mass is 16.5. The van der Waals surface area contributed by atoms with E-state index in [0.717, 1.165) is 31.6 Å². The summed E-state index contributed by atoms with van der Waals surface area (Å²) < 4.78 is 7.48. The Morgan fingerprint density at radius 2 is 1.85 bits per heavy atom. The standard InChI is InChI=1S/C19H23N5O2/c1-4-24-16-13(9-8-12(2)20-16)15(25)14-17(24)21-19(22-18(14)26-3)23-10-6-5-7-11-23/h8-9H,4-7,10-11H2,1-3H3. The maximum atomic E-state index is 13.1.